The molecule has 0 unspecified atom stereocenters. The van der Waals surface area contributed by atoms with Crippen molar-refractivity contribution in [1.82, 2.24) is 9.97 Å². The number of hydrogen-bond donors (Lipinski definition) is 0. The summed E-state index contributed by atoms with van der Waals surface area (Å²) in [4.78, 5) is 19.3. The van der Waals surface area contributed by atoms with Gasteiger partial charge < -0.3 is 9.47 Å². The fraction of sp³-hybridized carbons (Fsp3) is 0.188. The summed E-state index contributed by atoms with van der Waals surface area (Å²) in [6.07, 6.45) is 6.83. The van der Waals surface area contributed by atoms with Crippen LogP contribution < -0.4 is 4.74 Å². The third kappa shape index (κ3) is 3.14. The van der Waals surface area contributed by atoms with Gasteiger partial charge in [-0.1, -0.05) is 6.08 Å². The molecule has 106 valence electrons. The van der Waals surface area contributed by atoms with Crippen molar-refractivity contribution in [2.24, 2.45) is 0 Å². The van der Waals surface area contributed by atoms with Gasteiger partial charge in [0, 0.05) is 18.0 Å². The van der Waals surface area contributed by atoms with Crippen LogP contribution in [0.3, 0.4) is 0 Å². The van der Waals surface area contributed by atoms with Crippen molar-refractivity contribution in [2.75, 3.05) is 13.2 Å². The number of rotatable bonds is 4. The first kappa shape index (κ1) is 13.5. The molecule has 3 rings (SSSR count). The van der Waals surface area contributed by atoms with Crippen molar-refractivity contribution in [1.29, 1.82) is 0 Å². The first-order chi connectivity index (χ1) is 10.4. The summed E-state index contributed by atoms with van der Waals surface area (Å²) in [6.45, 7) is 1.26. The molecule has 5 heteroatoms. The zero-order valence-corrected chi connectivity index (χ0v) is 11.4. The third-order valence-electron chi connectivity index (χ3n) is 3.16. The van der Waals surface area contributed by atoms with E-state index in [1.807, 2.05) is 6.08 Å². The van der Waals surface area contributed by atoms with Gasteiger partial charge in [0.2, 0.25) is 5.88 Å². The molecule has 0 N–H and O–H groups in total. The Morgan fingerprint density at radius 3 is 2.67 bits per heavy atom. The first-order valence-corrected chi connectivity index (χ1v) is 6.68. The van der Waals surface area contributed by atoms with Gasteiger partial charge in [-0.2, -0.15) is 0 Å². The summed E-state index contributed by atoms with van der Waals surface area (Å²) < 4.78 is 11.1. The lowest BCUT2D eigenvalue weighted by Gasteiger charge is -2.15. The Labute approximate surface area is 122 Å². The number of aldehydes is 1. The Morgan fingerprint density at radius 2 is 1.95 bits per heavy atom. The summed E-state index contributed by atoms with van der Waals surface area (Å²) in [5.74, 6) is 1.08. The van der Waals surface area contributed by atoms with Gasteiger partial charge in [0.15, 0.2) is 0 Å². The van der Waals surface area contributed by atoms with Crippen LogP contribution in [0.25, 0.3) is 5.57 Å². The smallest absolute Gasteiger partial charge is 0.245 e. The fourth-order valence-electron chi connectivity index (χ4n) is 2.09. The lowest BCUT2D eigenvalue weighted by atomic mass is 10.1. The summed E-state index contributed by atoms with van der Waals surface area (Å²) in [5.41, 5.74) is 2.42. The van der Waals surface area contributed by atoms with E-state index < -0.39 is 0 Å². The lowest BCUT2D eigenvalue weighted by molar-refractivity contribution is 0.112. The molecule has 0 atom stereocenters. The third-order valence-corrected chi connectivity index (χ3v) is 3.16. The van der Waals surface area contributed by atoms with Crippen LogP contribution in [0.1, 0.15) is 22.5 Å². The number of benzene rings is 1. The fourth-order valence-corrected chi connectivity index (χ4v) is 2.09. The highest BCUT2D eigenvalue weighted by Crippen LogP contribution is 2.29. The summed E-state index contributed by atoms with van der Waals surface area (Å²) in [6, 6.07) is 6.87. The quantitative estimate of drug-likeness (QED) is 0.807. The van der Waals surface area contributed by atoms with E-state index in [-0.39, 0.29) is 0 Å². The predicted octanol–water partition coefficient (Wildman–Crippen LogP) is 2.89. The molecule has 2 aromatic rings. The molecule has 0 spiro atoms. The number of hydrogen-bond acceptors (Lipinski definition) is 5. The number of aromatic nitrogens is 2. The lowest BCUT2D eigenvalue weighted by Crippen LogP contribution is -2.06. The molecule has 5 nitrogen and oxygen atoms in total. The van der Waals surface area contributed by atoms with Crippen molar-refractivity contribution in [2.45, 2.75) is 6.42 Å². The molecule has 0 fully saturated rings. The van der Waals surface area contributed by atoms with Gasteiger partial charge in [-0.15, -0.1) is 0 Å². The van der Waals surface area contributed by atoms with Gasteiger partial charge in [-0.25, -0.2) is 9.97 Å². The van der Waals surface area contributed by atoms with E-state index in [9.17, 15) is 4.79 Å². The Morgan fingerprint density at radius 1 is 1.14 bits per heavy atom. The highest BCUT2D eigenvalue weighted by molar-refractivity contribution is 5.75. The zero-order valence-electron chi connectivity index (χ0n) is 11.4. The van der Waals surface area contributed by atoms with Gasteiger partial charge in [-0.05, 0) is 36.3 Å². The maximum absolute atomic E-state index is 10.7. The van der Waals surface area contributed by atoms with Crippen LogP contribution in [0.5, 0.6) is 11.6 Å². The van der Waals surface area contributed by atoms with Crippen LogP contribution in [0, 0.1) is 0 Å². The van der Waals surface area contributed by atoms with E-state index in [0.29, 0.717) is 30.4 Å². The standard InChI is InChI=1S/C16H14N2O3/c19-11-12-1-3-14(4-2-12)21-16-15(17-7-8-18-16)13-5-9-20-10-6-13/h1-5,7-8,11H,6,9-10H2. The molecule has 0 radical (unpaired) electrons. The van der Waals surface area contributed by atoms with E-state index >= 15 is 0 Å². The minimum absolute atomic E-state index is 0.463. The Balaban J connectivity index is 1.87. The molecule has 1 aliphatic rings. The second-order valence-electron chi connectivity index (χ2n) is 4.55. The Kier molecular flexibility index (Phi) is 4.02. The van der Waals surface area contributed by atoms with Crippen molar-refractivity contribution in [3.05, 3.63) is 54.0 Å². The second-order valence-corrected chi connectivity index (χ2v) is 4.55. The number of carbonyl (C=O) groups is 1. The van der Waals surface area contributed by atoms with Crippen LogP contribution in [-0.4, -0.2) is 29.5 Å². The summed E-state index contributed by atoms with van der Waals surface area (Å²) >= 11 is 0. The SMILES string of the molecule is O=Cc1ccc(Oc2nccnc2C2=CCOCC2)cc1. The average molecular weight is 282 g/mol. The minimum atomic E-state index is 0.463. The molecule has 2 heterocycles. The highest BCUT2D eigenvalue weighted by Gasteiger charge is 2.14. The highest BCUT2D eigenvalue weighted by atomic mass is 16.5. The molecule has 1 aromatic carbocycles. The zero-order chi connectivity index (χ0) is 14.5. The molecule has 21 heavy (non-hydrogen) atoms. The summed E-state index contributed by atoms with van der Waals surface area (Å²) in [5, 5.41) is 0. The predicted molar refractivity (Wildman–Crippen MR) is 77.3 cm³/mol. The van der Waals surface area contributed by atoms with E-state index in [0.717, 1.165) is 24.0 Å². The van der Waals surface area contributed by atoms with E-state index in [1.54, 1.807) is 36.7 Å². The monoisotopic (exact) mass is 282 g/mol. The molecule has 0 bridgehead atoms. The molecule has 0 saturated heterocycles. The maximum atomic E-state index is 10.7. The van der Waals surface area contributed by atoms with Crippen LogP contribution in [0.4, 0.5) is 0 Å². The van der Waals surface area contributed by atoms with Gasteiger partial charge >= 0.3 is 0 Å². The number of carbonyl (C=O) groups excluding carboxylic acids is 1. The average Bonchev–Trinajstić information content (AvgIpc) is 2.57. The molecule has 1 aromatic heterocycles. The molecule has 1 aliphatic heterocycles. The normalized spacial score (nSPS) is 14.4. The summed E-state index contributed by atoms with van der Waals surface area (Å²) in [7, 11) is 0. The molecular weight excluding hydrogens is 268 g/mol. The van der Waals surface area contributed by atoms with Crippen LogP contribution in [0.2, 0.25) is 0 Å². The van der Waals surface area contributed by atoms with Crippen LogP contribution >= 0.6 is 0 Å². The van der Waals surface area contributed by atoms with Crippen molar-refractivity contribution >= 4 is 11.9 Å². The maximum Gasteiger partial charge on any atom is 0.245 e. The molecule has 0 saturated carbocycles. The van der Waals surface area contributed by atoms with Crippen molar-refractivity contribution < 1.29 is 14.3 Å². The number of nitrogens with zero attached hydrogens (tertiary/aromatic N) is 2. The van der Waals surface area contributed by atoms with E-state index in [4.69, 9.17) is 9.47 Å². The number of ether oxygens (including phenoxy) is 2. The first-order valence-electron chi connectivity index (χ1n) is 6.68. The van der Waals surface area contributed by atoms with Gasteiger partial charge in [0.1, 0.15) is 17.7 Å². The minimum Gasteiger partial charge on any atom is -0.437 e. The van der Waals surface area contributed by atoms with Crippen LogP contribution in [-0.2, 0) is 4.74 Å². The van der Waals surface area contributed by atoms with Crippen LogP contribution in [0.15, 0.2) is 42.7 Å². The Bertz CT molecular complexity index is 665. The topological polar surface area (TPSA) is 61.3 Å². The second kappa shape index (κ2) is 6.28. The Hall–Kier alpha value is -2.53. The van der Waals surface area contributed by atoms with Gasteiger partial charge in [-0.3, -0.25) is 4.79 Å². The van der Waals surface area contributed by atoms with E-state index in [2.05, 4.69) is 9.97 Å². The molecule has 0 aliphatic carbocycles. The van der Waals surface area contributed by atoms with Crippen molar-refractivity contribution in [3.8, 4) is 11.6 Å². The largest absolute Gasteiger partial charge is 0.437 e. The molecule has 0 amide bonds. The van der Waals surface area contributed by atoms with Gasteiger partial charge in [0.05, 0.1) is 13.2 Å². The van der Waals surface area contributed by atoms with E-state index in [1.165, 1.54) is 0 Å². The van der Waals surface area contributed by atoms with Gasteiger partial charge in [0.25, 0.3) is 0 Å². The molecular formula is C16H14N2O3. The van der Waals surface area contributed by atoms with Crippen molar-refractivity contribution in [3.63, 3.8) is 0 Å².